The van der Waals surface area contributed by atoms with E-state index in [0.29, 0.717) is 6.54 Å². The number of rotatable bonds is 7. The van der Waals surface area contributed by atoms with Crippen LogP contribution >= 0.6 is 0 Å². The quantitative estimate of drug-likeness (QED) is 0.822. The minimum atomic E-state index is -0.713. The molecular weight excluding hydrogens is 269 g/mol. The first kappa shape index (κ1) is 15.3. The number of anilines is 1. The highest BCUT2D eigenvalue weighted by atomic mass is 19.1. The lowest BCUT2D eigenvalue weighted by molar-refractivity contribution is 0.115. The molecule has 1 unspecified atom stereocenters. The summed E-state index contributed by atoms with van der Waals surface area (Å²) in [6.45, 7) is 2.49. The molecule has 3 nitrogen and oxygen atoms in total. The van der Waals surface area contributed by atoms with Crippen molar-refractivity contribution in [2.45, 2.75) is 19.4 Å². The SMILES string of the molecule is CCc1ccc(NCC(O)COc2ccccc2F)cc1. The van der Waals surface area contributed by atoms with Crippen molar-refractivity contribution in [3.8, 4) is 5.75 Å². The van der Waals surface area contributed by atoms with Crippen molar-refractivity contribution < 1.29 is 14.2 Å². The van der Waals surface area contributed by atoms with Gasteiger partial charge in [0, 0.05) is 12.2 Å². The van der Waals surface area contributed by atoms with Crippen LogP contribution in [0.15, 0.2) is 48.5 Å². The van der Waals surface area contributed by atoms with Crippen LogP contribution in [0.2, 0.25) is 0 Å². The van der Waals surface area contributed by atoms with E-state index in [4.69, 9.17) is 4.74 Å². The predicted octanol–water partition coefficient (Wildman–Crippen LogP) is 3.24. The molecule has 0 aliphatic rings. The number of hydrogen-bond donors (Lipinski definition) is 2. The molecule has 0 aliphatic carbocycles. The van der Waals surface area contributed by atoms with Gasteiger partial charge in [0.25, 0.3) is 0 Å². The molecule has 0 amide bonds. The van der Waals surface area contributed by atoms with E-state index in [1.54, 1.807) is 18.2 Å². The van der Waals surface area contributed by atoms with Gasteiger partial charge in [-0.3, -0.25) is 0 Å². The number of halogens is 1. The van der Waals surface area contributed by atoms with Crippen molar-refractivity contribution in [2.75, 3.05) is 18.5 Å². The van der Waals surface area contributed by atoms with Crippen LogP contribution in [0.5, 0.6) is 5.75 Å². The molecule has 1 atom stereocenters. The van der Waals surface area contributed by atoms with Gasteiger partial charge in [0.2, 0.25) is 0 Å². The first-order chi connectivity index (χ1) is 10.2. The van der Waals surface area contributed by atoms with Gasteiger partial charge in [-0.25, -0.2) is 4.39 Å². The third-order valence-corrected chi connectivity index (χ3v) is 3.17. The summed E-state index contributed by atoms with van der Waals surface area (Å²) in [6, 6.07) is 14.2. The summed E-state index contributed by atoms with van der Waals surface area (Å²) in [5, 5.41) is 13.0. The molecule has 0 radical (unpaired) electrons. The Morgan fingerprint density at radius 3 is 2.52 bits per heavy atom. The lowest BCUT2D eigenvalue weighted by Gasteiger charge is -2.14. The molecule has 0 saturated heterocycles. The van der Waals surface area contributed by atoms with Crippen LogP contribution in [-0.2, 0) is 6.42 Å². The number of ether oxygens (including phenoxy) is 1. The van der Waals surface area contributed by atoms with Crippen LogP contribution in [0.4, 0.5) is 10.1 Å². The Morgan fingerprint density at radius 2 is 1.86 bits per heavy atom. The van der Waals surface area contributed by atoms with Crippen LogP contribution in [0.25, 0.3) is 0 Å². The Hall–Kier alpha value is -2.07. The van der Waals surface area contributed by atoms with E-state index in [1.165, 1.54) is 11.6 Å². The second-order valence-electron chi connectivity index (χ2n) is 4.83. The van der Waals surface area contributed by atoms with Crippen molar-refractivity contribution in [2.24, 2.45) is 0 Å². The largest absolute Gasteiger partial charge is 0.488 e. The van der Waals surface area contributed by atoms with Gasteiger partial charge in [-0.05, 0) is 36.2 Å². The maximum atomic E-state index is 13.3. The third-order valence-electron chi connectivity index (χ3n) is 3.17. The van der Waals surface area contributed by atoms with Crippen molar-refractivity contribution in [3.63, 3.8) is 0 Å². The molecule has 0 bridgehead atoms. The highest BCUT2D eigenvalue weighted by Crippen LogP contribution is 2.15. The highest BCUT2D eigenvalue weighted by Gasteiger charge is 2.07. The minimum absolute atomic E-state index is 0.0426. The second-order valence-corrected chi connectivity index (χ2v) is 4.83. The first-order valence-corrected chi connectivity index (χ1v) is 7.07. The summed E-state index contributed by atoms with van der Waals surface area (Å²) in [4.78, 5) is 0. The Balaban J connectivity index is 1.76. The maximum absolute atomic E-state index is 13.3. The molecule has 0 aliphatic heterocycles. The minimum Gasteiger partial charge on any atom is -0.488 e. The van der Waals surface area contributed by atoms with Gasteiger partial charge < -0.3 is 15.2 Å². The Labute approximate surface area is 124 Å². The van der Waals surface area contributed by atoms with Gasteiger partial charge in [-0.1, -0.05) is 31.2 Å². The Kier molecular flexibility index (Phi) is 5.58. The number of para-hydroxylation sites is 1. The van der Waals surface area contributed by atoms with Gasteiger partial charge in [0.05, 0.1) is 0 Å². The number of aliphatic hydroxyl groups excluding tert-OH is 1. The molecule has 0 saturated carbocycles. The maximum Gasteiger partial charge on any atom is 0.165 e. The summed E-state index contributed by atoms with van der Waals surface area (Å²) in [5.41, 5.74) is 2.21. The highest BCUT2D eigenvalue weighted by molar-refractivity contribution is 5.44. The van der Waals surface area contributed by atoms with Gasteiger partial charge in [-0.2, -0.15) is 0 Å². The van der Waals surface area contributed by atoms with E-state index in [2.05, 4.69) is 12.2 Å². The molecule has 0 heterocycles. The predicted molar refractivity (Wildman–Crippen MR) is 82.2 cm³/mol. The zero-order valence-electron chi connectivity index (χ0n) is 12.1. The fraction of sp³-hybridized carbons (Fsp3) is 0.294. The van der Waals surface area contributed by atoms with Crippen LogP contribution in [0.3, 0.4) is 0 Å². The van der Waals surface area contributed by atoms with Crippen LogP contribution in [-0.4, -0.2) is 24.4 Å². The normalized spacial score (nSPS) is 12.0. The van der Waals surface area contributed by atoms with Crippen molar-refractivity contribution in [1.29, 1.82) is 0 Å². The fourth-order valence-electron chi connectivity index (χ4n) is 1.90. The Bertz CT molecular complexity index is 557. The van der Waals surface area contributed by atoms with E-state index in [0.717, 1.165) is 12.1 Å². The molecule has 2 aromatic carbocycles. The Morgan fingerprint density at radius 1 is 1.14 bits per heavy atom. The van der Waals surface area contributed by atoms with Gasteiger partial charge >= 0.3 is 0 Å². The molecule has 0 aromatic heterocycles. The zero-order valence-corrected chi connectivity index (χ0v) is 12.1. The lowest BCUT2D eigenvalue weighted by atomic mass is 10.1. The smallest absolute Gasteiger partial charge is 0.165 e. The average molecular weight is 289 g/mol. The number of benzene rings is 2. The molecule has 2 aromatic rings. The van der Waals surface area contributed by atoms with Gasteiger partial charge in [-0.15, -0.1) is 0 Å². The fourth-order valence-corrected chi connectivity index (χ4v) is 1.90. The molecule has 4 heteroatoms. The number of aliphatic hydroxyl groups is 1. The molecule has 0 fully saturated rings. The molecular formula is C17H20FNO2. The lowest BCUT2D eigenvalue weighted by Crippen LogP contribution is -2.26. The average Bonchev–Trinajstić information content (AvgIpc) is 2.52. The van der Waals surface area contributed by atoms with Gasteiger partial charge in [0.1, 0.15) is 12.7 Å². The number of aryl methyl sites for hydroxylation is 1. The first-order valence-electron chi connectivity index (χ1n) is 7.07. The standard InChI is InChI=1S/C17H20FNO2/c1-2-13-7-9-14(10-8-13)19-11-15(20)12-21-17-6-4-3-5-16(17)18/h3-10,15,19-20H,2,11-12H2,1H3. The summed E-state index contributed by atoms with van der Waals surface area (Å²) >= 11 is 0. The van der Waals surface area contributed by atoms with E-state index in [1.807, 2.05) is 24.3 Å². The van der Waals surface area contributed by atoms with Crippen LogP contribution in [0, 0.1) is 5.82 Å². The van der Waals surface area contributed by atoms with E-state index >= 15 is 0 Å². The van der Waals surface area contributed by atoms with Gasteiger partial charge in [0.15, 0.2) is 11.6 Å². The van der Waals surface area contributed by atoms with E-state index in [-0.39, 0.29) is 12.4 Å². The molecule has 2 N–H and O–H groups in total. The van der Waals surface area contributed by atoms with Crippen molar-refractivity contribution >= 4 is 5.69 Å². The third kappa shape index (κ3) is 4.76. The summed E-state index contributed by atoms with van der Waals surface area (Å²) in [5.74, 6) is -0.267. The molecule has 0 spiro atoms. The zero-order chi connectivity index (χ0) is 15.1. The summed E-state index contributed by atoms with van der Waals surface area (Å²) in [7, 11) is 0. The molecule has 21 heavy (non-hydrogen) atoms. The van der Waals surface area contributed by atoms with Crippen molar-refractivity contribution in [3.05, 3.63) is 59.9 Å². The topological polar surface area (TPSA) is 41.5 Å². The molecule has 2 rings (SSSR count). The monoisotopic (exact) mass is 289 g/mol. The van der Waals surface area contributed by atoms with Crippen LogP contribution in [0.1, 0.15) is 12.5 Å². The van der Waals surface area contributed by atoms with Crippen LogP contribution < -0.4 is 10.1 Å². The van der Waals surface area contributed by atoms with E-state index < -0.39 is 11.9 Å². The van der Waals surface area contributed by atoms with E-state index in [9.17, 15) is 9.50 Å². The summed E-state index contributed by atoms with van der Waals surface area (Å²) < 4.78 is 18.6. The second kappa shape index (κ2) is 7.64. The number of hydrogen-bond acceptors (Lipinski definition) is 3. The van der Waals surface area contributed by atoms with Crippen molar-refractivity contribution in [1.82, 2.24) is 0 Å². The molecule has 112 valence electrons. The summed E-state index contributed by atoms with van der Waals surface area (Å²) in [6.07, 6.45) is 0.287. The number of nitrogens with one attached hydrogen (secondary N) is 1.